The van der Waals surface area contributed by atoms with E-state index in [-0.39, 0.29) is 0 Å². The van der Waals surface area contributed by atoms with E-state index in [2.05, 4.69) is 4.74 Å². The maximum Gasteiger partial charge on any atom is 0.348 e. The van der Waals surface area contributed by atoms with Crippen molar-refractivity contribution < 1.29 is 19.0 Å². The molecule has 0 saturated carbocycles. The molecule has 0 radical (unpaired) electrons. The number of hydrogen-bond acceptors (Lipinski definition) is 4. The van der Waals surface area contributed by atoms with Gasteiger partial charge in [0.15, 0.2) is 11.6 Å². The molecule has 17 heavy (non-hydrogen) atoms. The fraction of sp³-hybridized carbons (Fsp3) is 0.0833. The third-order valence-electron chi connectivity index (χ3n) is 2.27. The molecule has 0 unspecified atom stereocenters. The minimum Gasteiger partial charge on any atom is -0.505 e. The van der Waals surface area contributed by atoms with Crippen molar-refractivity contribution in [1.82, 2.24) is 0 Å². The Hall–Kier alpha value is -1.88. The van der Waals surface area contributed by atoms with Crippen LogP contribution in [0.2, 0.25) is 0 Å². The quantitative estimate of drug-likeness (QED) is 0.835. The zero-order valence-corrected chi connectivity index (χ0v) is 9.75. The molecule has 3 nitrogen and oxygen atoms in total. The number of aromatic hydroxyl groups is 1. The summed E-state index contributed by atoms with van der Waals surface area (Å²) in [5.74, 6) is -1.49. The van der Waals surface area contributed by atoms with Crippen LogP contribution in [-0.4, -0.2) is 18.2 Å². The number of ether oxygens (including phenoxy) is 1. The van der Waals surface area contributed by atoms with Gasteiger partial charge in [-0.25, -0.2) is 9.18 Å². The zero-order chi connectivity index (χ0) is 12.4. The summed E-state index contributed by atoms with van der Waals surface area (Å²) in [6, 6.07) is 5.71. The van der Waals surface area contributed by atoms with Crippen LogP contribution in [0.3, 0.4) is 0 Å². The molecule has 0 saturated heterocycles. The molecule has 0 amide bonds. The van der Waals surface area contributed by atoms with E-state index in [1.807, 2.05) is 0 Å². The highest BCUT2D eigenvalue weighted by atomic mass is 32.1. The van der Waals surface area contributed by atoms with E-state index in [1.54, 1.807) is 17.5 Å². The normalized spacial score (nSPS) is 10.2. The number of hydrogen-bond donors (Lipinski definition) is 1. The first kappa shape index (κ1) is 11.6. The Morgan fingerprint density at radius 3 is 2.76 bits per heavy atom. The van der Waals surface area contributed by atoms with Gasteiger partial charge in [0.2, 0.25) is 0 Å². The first-order chi connectivity index (χ1) is 8.11. The van der Waals surface area contributed by atoms with Crippen LogP contribution in [0.5, 0.6) is 5.75 Å². The third-order valence-corrected chi connectivity index (χ3v) is 3.18. The lowest BCUT2D eigenvalue weighted by atomic mass is 10.1. The highest BCUT2D eigenvalue weighted by molar-refractivity contribution is 7.12. The molecule has 0 aliphatic rings. The van der Waals surface area contributed by atoms with Gasteiger partial charge in [-0.15, -0.1) is 11.3 Å². The van der Waals surface area contributed by atoms with Gasteiger partial charge in [-0.3, -0.25) is 0 Å². The van der Waals surface area contributed by atoms with Gasteiger partial charge in [0.25, 0.3) is 0 Å². The zero-order valence-electron chi connectivity index (χ0n) is 8.94. The monoisotopic (exact) mass is 252 g/mol. The minimum absolute atomic E-state index is 0.392. The Morgan fingerprint density at radius 1 is 1.35 bits per heavy atom. The van der Waals surface area contributed by atoms with Gasteiger partial charge in [-0.05, 0) is 34.7 Å². The number of esters is 1. The summed E-state index contributed by atoms with van der Waals surface area (Å²) in [4.78, 5) is 11.7. The molecule has 1 aromatic heterocycles. The van der Waals surface area contributed by atoms with Crippen LogP contribution < -0.4 is 0 Å². The lowest BCUT2D eigenvalue weighted by Crippen LogP contribution is -1.96. The van der Waals surface area contributed by atoms with Crippen LogP contribution in [0.4, 0.5) is 4.39 Å². The van der Waals surface area contributed by atoms with Crippen molar-refractivity contribution in [3.8, 4) is 16.9 Å². The summed E-state index contributed by atoms with van der Waals surface area (Å²) in [6.45, 7) is 0. The van der Waals surface area contributed by atoms with E-state index in [9.17, 15) is 9.18 Å². The lowest BCUT2D eigenvalue weighted by molar-refractivity contribution is 0.0606. The summed E-state index contributed by atoms with van der Waals surface area (Å²) in [5.41, 5.74) is 1.32. The van der Waals surface area contributed by atoms with Gasteiger partial charge < -0.3 is 9.84 Å². The van der Waals surface area contributed by atoms with E-state index in [4.69, 9.17) is 5.11 Å². The maximum atomic E-state index is 13.2. The second-order valence-electron chi connectivity index (χ2n) is 3.36. The number of rotatable bonds is 2. The predicted octanol–water partition coefficient (Wildman–Crippen LogP) is 3.05. The van der Waals surface area contributed by atoms with Crippen molar-refractivity contribution in [3.05, 3.63) is 40.3 Å². The smallest absolute Gasteiger partial charge is 0.348 e. The molecule has 2 aromatic rings. The van der Waals surface area contributed by atoms with Gasteiger partial charge in [-0.1, -0.05) is 6.07 Å². The topological polar surface area (TPSA) is 46.5 Å². The Balaban J connectivity index is 2.37. The molecule has 1 N–H and O–H groups in total. The van der Waals surface area contributed by atoms with E-state index in [1.165, 1.54) is 30.6 Å². The first-order valence-electron chi connectivity index (χ1n) is 4.77. The molecule has 0 fully saturated rings. The molecule has 0 aliphatic carbocycles. The Bertz CT molecular complexity index is 563. The Kier molecular flexibility index (Phi) is 3.10. The fourth-order valence-electron chi connectivity index (χ4n) is 1.38. The van der Waals surface area contributed by atoms with Crippen LogP contribution in [0, 0.1) is 5.82 Å². The molecule has 2 rings (SSSR count). The number of halogens is 1. The van der Waals surface area contributed by atoms with Crippen LogP contribution in [0.1, 0.15) is 9.67 Å². The van der Waals surface area contributed by atoms with Crippen LogP contribution in [0.25, 0.3) is 11.1 Å². The summed E-state index contributed by atoms with van der Waals surface area (Å²) >= 11 is 1.23. The lowest BCUT2D eigenvalue weighted by Gasteiger charge is -1.99. The number of carbonyl (C=O) groups is 1. The van der Waals surface area contributed by atoms with E-state index in [0.29, 0.717) is 16.0 Å². The van der Waals surface area contributed by atoms with Crippen molar-refractivity contribution in [2.24, 2.45) is 0 Å². The Morgan fingerprint density at radius 2 is 2.12 bits per heavy atom. The molecular formula is C12H9FO3S. The molecule has 0 atom stereocenters. The second kappa shape index (κ2) is 4.55. The van der Waals surface area contributed by atoms with Gasteiger partial charge in [0.1, 0.15) is 4.88 Å². The van der Waals surface area contributed by atoms with Crippen LogP contribution in [-0.2, 0) is 4.74 Å². The SMILES string of the molecule is COC(=O)c1cc(-c2ccc(O)c(F)c2)cs1. The van der Waals surface area contributed by atoms with Gasteiger partial charge >= 0.3 is 5.97 Å². The highest BCUT2D eigenvalue weighted by Crippen LogP contribution is 2.28. The van der Waals surface area contributed by atoms with Crippen LogP contribution >= 0.6 is 11.3 Å². The van der Waals surface area contributed by atoms with Crippen molar-refractivity contribution in [2.45, 2.75) is 0 Å². The third kappa shape index (κ3) is 2.29. The summed E-state index contributed by atoms with van der Waals surface area (Å²) in [6.07, 6.45) is 0. The van der Waals surface area contributed by atoms with Crippen molar-refractivity contribution >= 4 is 17.3 Å². The van der Waals surface area contributed by atoms with Crippen molar-refractivity contribution in [1.29, 1.82) is 0 Å². The molecule has 0 bridgehead atoms. The number of carbonyl (C=O) groups excluding carboxylic acids is 1. The first-order valence-corrected chi connectivity index (χ1v) is 5.65. The molecule has 1 aromatic carbocycles. The average Bonchev–Trinajstić information content (AvgIpc) is 2.81. The van der Waals surface area contributed by atoms with Gasteiger partial charge in [-0.2, -0.15) is 0 Å². The summed E-state index contributed by atoms with van der Waals surface area (Å²) < 4.78 is 17.7. The van der Waals surface area contributed by atoms with E-state index in [0.717, 1.165) is 0 Å². The minimum atomic E-state index is -0.687. The van der Waals surface area contributed by atoms with E-state index < -0.39 is 17.5 Å². The number of phenolic OH excluding ortho intramolecular Hbond substituents is 1. The van der Waals surface area contributed by atoms with Crippen LogP contribution in [0.15, 0.2) is 29.6 Å². The second-order valence-corrected chi connectivity index (χ2v) is 4.27. The maximum absolute atomic E-state index is 13.2. The predicted molar refractivity (Wildman–Crippen MR) is 62.7 cm³/mol. The van der Waals surface area contributed by atoms with Crippen molar-refractivity contribution in [3.63, 3.8) is 0 Å². The number of thiophene rings is 1. The van der Waals surface area contributed by atoms with Crippen molar-refractivity contribution in [2.75, 3.05) is 7.11 Å². The number of methoxy groups -OCH3 is 1. The summed E-state index contributed by atoms with van der Waals surface area (Å²) in [7, 11) is 1.31. The highest BCUT2D eigenvalue weighted by Gasteiger charge is 2.11. The average molecular weight is 252 g/mol. The fourth-order valence-corrected chi connectivity index (χ4v) is 2.21. The standard InChI is InChI=1S/C12H9FO3S/c1-16-12(15)11-5-8(6-17-11)7-2-3-10(14)9(13)4-7/h2-6,14H,1H3. The number of phenols is 1. The number of benzene rings is 1. The molecular weight excluding hydrogens is 243 g/mol. The molecule has 5 heteroatoms. The largest absolute Gasteiger partial charge is 0.505 e. The van der Waals surface area contributed by atoms with Gasteiger partial charge in [0, 0.05) is 0 Å². The molecule has 0 spiro atoms. The Labute approximate surface area is 101 Å². The summed E-state index contributed by atoms with van der Waals surface area (Å²) in [5, 5.41) is 10.8. The molecule has 1 heterocycles. The molecule has 0 aliphatic heterocycles. The van der Waals surface area contributed by atoms with Gasteiger partial charge in [0.05, 0.1) is 7.11 Å². The van der Waals surface area contributed by atoms with E-state index >= 15 is 0 Å². The molecule has 88 valence electrons.